The largest absolute Gasteiger partial charge is 0.506 e. The number of fused-ring (bicyclic) bond motifs is 3. The minimum absolute atomic E-state index is 0.0324. The Hall–Kier alpha value is -3.60. The first-order chi connectivity index (χ1) is 15.3. The molecule has 1 aromatic carbocycles. The number of Topliss-reactive ketones (excluding diaryl/α,β-unsaturated/α-hetero) is 4. The number of rotatable bonds is 3. The number of aromatic carboxylic acids is 1. The van der Waals surface area contributed by atoms with E-state index in [-0.39, 0.29) is 18.4 Å². The third-order valence-electron chi connectivity index (χ3n) is 7.09. The van der Waals surface area contributed by atoms with E-state index in [0.29, 0.717) is 11.3 Å². The number of hydrogen-bond donors (Lipinski definition) is 4. The summed E-state index contributed by atoms with van der Waals surface area (Å²) in [6, 6.07) is 1.23. The number of aliphatic hydroxyl groups is 1. The van der Waals surface area contributed by atoms with Crippen molar-refractivity contribution in [1.29, 1.82) is 0 Å². The summed E-state index contributed by atoms with van der Waals surface area (Å²) >= 11 is 0. The molecule has 4 rings (SSSR count). The summed E-state index contributed by atoms with van der Waals surface area (Å²) in [5.74, 6) is -13.1. The zero-order chi connectivity index (χ0) is 24.6. The number of benzene rings is 1. The van der Waals surface area contributed by atoms with Crippen LogP contribution in [0.25, 0.3) is 0 Å². The normalized spacial score (nSPS) is 30.9. The summed E-state index contributed by atoms with van der Waals surface area (Å²) < 4.78 is 0. The van der Waals surface area contributed by atoms with E-state index in [1.807, 2.05) is 0 Å². The molecule has 3 aliphatic carbocycles. The second-order valence-corrected chi connectivity index (χ2v) is 9.08. The third-order valence-corrected chi connectivity index (χ3v) is 7.09. The average Bonchev–Trinajstić information content (AvgIpc) is 2.70. The van der Waals surface area contributed by atoms with Gasteiger partial charge in [0.1, 0.15) is 11.3 Å². The molecule has 174 valence electrons. The maximum absolute atomic E-state index is 13.5. The molecule has 1 amide bonds. The van der Waals surface area contributed by atoms with Gasteiger partial charge in [0, 0.05) is 32.1 Å². The molecule has 2 unspecified atom stereocenters. The molecule has 2 saturated carbocycles. The van der Waals surface area contributed by atoms with Crippen molar-refractivity contribution >= 4 is 40.7 Å². The number of primary amides is 1. The molecule has 11 heteroatoms. The van der Waals surface area contributed by atoms with Crippen LogP contribution in [0.2, 0.25) is 0 Å². The first kappa shape index (κ1) is 22.6. The zero-order valence-corrected chi connectivity index (χ0v) is 17.8. The molecule has 33 heavy (non-hydrogen) atoms. The maximum atomic E-state index is 13.5. The molecule has 0 radical (unpaired) electrons. The number of carboxylic acid groups (broad SMARTS) is 1. The van der Waals surface area contributed by atoms with E-state index in [0.717, 1.165) is 0 Å². The Morgan fingerprint density at radius 2 is 1.76 bits per heavy atom. The van der Waals surface area contributed by atoms with Crippen LogP contribution < -0.4 is 10.6 Å². The Balaban J connectivity index is 1.88. The molecule has 0 aromatic heterocycles. The highest BCUT2D eigenvalue weighted by molar-refractivity contribution is 6.31. The zero-order valence-electron chi connectivity index (χ0n) is 17.8. The second-order valence-electron chi connectivity index (χ2n) is 9.08. The summed E-state index contributed by atoms with van der Waals surface area (Å²) in [5.41, 5.74) is 2.23. The molecule has 2 fully saturated rings. The van der Waals surface area contributed by atoms with Crippen molar-refractivity contribution < 1.29 is 44.1 Å². The van der Waals surface area contributed by atoms with Crippen LogP contribution in [0.4, 0.5) is 5.69 Å². The Morgan fingerprint density at radius 3 is 2.30 bits per heavy atom. The van der Waals surface area contributed by atoms with Crippen molar-refractivity contribution in [2.45, 2.75) is 24.9 Å². The highest BCUT2D eigenvalue weighted by atomic mass is 16.4. The minimum atomic E-state index is -2.74. The Morgan fingerprint density at radius 1 is 1.12 bits per heavy atom. The van der Waals surface area contributed by atoms with Crippen molar-refractivity contribution in [3.8, 4) is 5.75 Å². The van der Waals surface area contributed by atoms with Crippen molar-refractivity contribution in [2.75, 3.05) is 19.0 Å². The Bertz CT molecular complexity index is 1170. The van der Waals surface area contributed by atoms with E-state index in [1.165, 1.54) is 6.07 Å². The van der Waals surface area contributed by atoms with Gasteiger partial charge in [-0.3, -0.25) is 24.0 Å². The third kappa shape index (κ3) is 2.92. The lowest BCUT2D eigenvalue weighted by molar-refractivity contribution is -0.175. The molecule has 1 aromatic rings. The van der Waals surface area contributed by atoms with E-state index in [1.54, 1.807) is 19.0 Å². The van der Waals surface area contributed by atoms with Crippen LogP contribution in [-0.2, 0) is 25.6 Å². The van der Waals surface area contributed by atoms with E-state index >= 15 is 0 Å². The quantitative estimate of drug-likeness (QED) is 0.412. The number of hydrogen-bond acceptors (Lipinski definition) is 9. The average molecular weight is 458 g/mol. The summed E-state index contributed by atoms with van der Waals surface area (Å²) in [4.78, 5) is 77.0. The highest BCUT2D eigenvalue weighted by Crippen LogP contribution is 2.51. The topological polar surface area (TPSA) is 192 Å². The van der Waals surface area contributed by atoms with Gasteiger partial charge in [0.2, 0.25) is 5.91 Å². The van der Waals surface area contributed by atoms with Gasteiger partial charge in [0.05, 0.1) is 11.5 Å². The molecule has 5 N–H and O–H groups in total. The van der Waals surface area contributed by atoms with Gasteiger partial charge in [0.15, 0.2) is 34.7 Å². The number of amides is 1. The molecule has 5 atom stereocenters. The van der Waals surface area contributed by atoms with Crippen LogP contribution in [-0.4, -0.2) is 70.0 Å². The SMILES string of the molecule is CN(C)c1cc(C(=O)O)c(O)c2c1C[C@H]1C[C@H]3CC(=O)C(C(N)=O)C(=O)[C@@]3(O)C(=O)C1C2=O. The summed E-state index contributed by atoms with van der Waals surface area (Å²) in [7, 11) is 3.25. The van der Waals surface area contributed by atoms with Gasteiger partial charge in [-0.05, 0) is 30.4 Å². The van der Waals surface area contributed by atoms with Crippen LogP contribution in [0.5, 0.6) is 5.75 Å². The van der Waals surface area contributed by atoms with Gasteiger partial charge in [-0.2, -0.15) is 0 Å². The molecule has 0 heterocycles. The molecular formula is C22H22N2O9. The van der Waals surface area contributed by atoms with Crippen LogP contribution in [0.3, 0.4) is 0 Å². The van der Waals surface area contributed by atoms with Crippen LogP contribution in [0.15, 0.2) is 6.07 Å². The van der Waals surface area contributed by atoms with Crippen LogP contribution in [0, 0.1) is 23.7 Å². The van der Waals surface area contributed by atoms with E-state index in [4.69, 9.17) is 5.73 Å². The number of carboxylic acids is 1. The molecule has 3 aliphatic rings. The van der Waals surface area contributed by atoms with Gasteiger partial charge in [0.25, 0.3) is 0 Å². The summed E-state index contributed by atoms with van der Waals surface area (Å²) in [5, 5.41) is 31.2. The van der Waals surface area contributed by atoms with E-state index in [2.05, 4.69) is 0 Å². The van der Waals surface area contributed by atoms with Crippen LogP contribution >= 0.6 is 0 Å². The van der Waals surface area contributed by atoms with Gasteiger partial charge in [-0.25, -0.2) is 4.79 Å². The fourth-order valence-corrected chi connectivity index (χ4v) is 5.58. The Kier molecular flexibility index (Phi) is 4.93. The summed E-state index contributed by atoms with van der Waals surface area (Å²) in [6.45, 7) is 0. The molecule has 0 saturated heterocycles. The number of nitrogens with two attached hydrogens (primary N) is 1. The number of carbonyl (C=O) groups is 6. The minimum Gasteiger partial charge on any atom is -0.506 e. The van der Waals surface area contributed by atoms with Gasteiger partial charge >= 0.3 is 5.97 Å². The first-order valence-electron chi connectivity index (χ1n) is 10.3. The van der Waals surface area contributed by atoms with Crippen LogP contribution in [0.1, 0.15) is 39.1 Å². The number of carbonyl (C=O) groups excluding carboxylic acids is 5. The number of anilines is 1. The molecule has 0 aliphatic heterocycles. The fraction of sp³-hybridized carbons (Fsp3) is 0.455. The smallest absolute Gasteiger partial charge is 0.339 e. The number of aromatic hydroxyl groups is 1. The van der Waals surface area contributed by atoms with Crippen molar-refractivity contribution in [2.24, 2.45) is 29.4 Å². The monoisotopic (exact) mass is 458 g/mol. The van der Waals surface area contributed by atoms with E-state index in [9.17, 15) is 44.1 Å². The number of nitrogens with zero attached hydrogens (tertiary/aromatic N) is 1. The molecule has 11 nitrogen and oxygen atoms in total. The Labute approximate surface area is 187 Å². The standard InChI is InChI=1S/C22H22N2O9/c1-24(2)11-6-10(21(31)32)16(26)14-9(11)4-7-3-8-5-12(25)15(20(23)30)19(29)22(8,33)18(28)13(7)17(14)27/h6-8,13,15,26,33H,3-5H2,1-2H3,(H2,23,30)(H,31,32)/t7-,8+,13?,15?,22+/m1/s1. The van der Waals surface area contributed by atoms with E-state index < -0.39 is 82.0 Å². The lowest BCUT2D eigenvalue weighted by Gasteiger charge is -2.48. The molecular weight excluding hydrogens is 436 g/mol. The summed E-state index contributed by atoms with van der Waals surface area (Å²) in [6.07, 6.45) is -0.377. The first-order valence-corrected chi connectivity index (χ1v) is 10.3. The second kappa shape index (κ2) is 7.20. The molecule has 0 spiro atoms. The van der Waals surface area contributed by atoms with Gasteiger partial charge in [-0.1, -0.05) is 0 Å². The number of phenols is 1. The van der Waals surface area contributed by atoms with Crippen molar-refractivity contribution in [3.05, 3.63) is 22.8 Å². The van der Waals surface area contributed by atoms with Crippen molar-refractivity contribution in [3.63, 3.8) is 0 Å². The predicted octanol–water partition coefficient (Wildman–Crippen LogP) is -0.909. The van der Waals surface area contributed by atoms with Crippen molar-refractivity contribution in [1.82, 2.24) is 0 Å². The lowest BCUT2D eigenvalue weighted by atomic mass is 9.53. The molecule has 0 bridgehead atoms. The maximum Gasteiger partial charge on any atom is 0.339 e. The highest BCUT2D eigenvalue weighted by Gasteiger charge is 2.66. The number of ketones is 4. The predicted molar refractivity (Wildman–Crippen MR) is 110 cm³/mol. The van der Waals surface area contributed by atoms with Gasteiger partial charge < -0.3 is 26.0 Å². The van der Waals surface area contributed by atoms with Gasteiger partial charge in [-0.15, -0.1) is 0 Å². The lowest BCUT2D eigenvalue weighted by Crippen LogP contribution is -2.68. The fourth-order valence-electron chi connectivity index (χ4n) is 5.58.